The van der Waals surface area contributed by atoms with Gasteiger partial charge in [-0.1, -0.05) is 0 Å². The lowest BCUT2D eigenvalue weighted by molar-refractivity contribution is -0.130. The Balaban J connectivity index is 1.90. The molecule has 0 atom stereocenters. The first-order valence-corrected chi connectivity index (χ1v) is 9.24. The van der Waals surface area contributed by atoms with Crippen LogP contribution in [0.4, 0.5) is 5.82 Å². The van der Waals surface area contributed by atoms with Gasteiger partial charge in [-0.2, -0.15) is 0 Å². The van der Waals surface area contributed by atoms with E-state index in [0.29, 0.717) is 16.8 Å². The van der Waals surface area contributed by atoms with Gasteiger partial charge in [-0.05, 0) is 34.1 Å². The lowest BCUT2D eigenvalue weighted by Crippen LogP contribution is -2.32. The third-order valence-corrected chi connectivity index (χ3v) is 5.09. The summed E-state index contributed by atoms with van der Waals surface area (Å²) in [7, 11) is -2.22. The molecule has 2 rings (SSSR count). The molecule has 3 N–H and O–H groups in total. The van der Waals surface area contributed by atoms with Crippen molar-refractivity contribution in [3.63, 3.8) is 0 Å². The minimum absolute atomic E-state index is 0.0117. The van der Waals surface area contributed by atoms with Crippen molar-refractivity contribution in [2.75, 3.05) is 19.3 Å². The molecule has 0 saturated carbocycles. The number of nitrogens with one attached hydrogen (secondary N) is 1. The fourth-order valence-corrected chi connectivity index (χ4v) is 3.55. The molecule has 24 heavy (non-hydrogen) atoms. The maximum Gasteiger partial charge on any atom is 0.244 e. The number of sulfonamides is 1. The van der Waals surface area contributed by atoms with Crippen molar-refractivity contribution in [3.05, 3.63) is 40.9 Å². The van der Waals surface area contributed by atoms with Crippen LogP contribution >= 0.6 is 15.9 Å². The Morgan fingerprint density at radius 3 is 2.92 bits per heavy atom. The Hall–Kier alpha value is -1.91. The monoisotopic (exact) mass is 416 g/mol. The van der Waals surface area contributed by atoms with Gasteiger partial charge in [-0.25, -0.2) is 18.1 Å². The molecule has 0 aromatic carbocycles. The van der Waals surface area contributed by atoms with Crippen molar-refractivity contribution in [2.45, 2.75) is 17.9 Å². The molecule has 1 amide bonds. The molecule has 0 spiro atoms. The molecule has 0 radical (unpaired) electrons. The van der Waals surface area contributed by atoms with Gasteiger partial charge in [0.2, 0.25) is 15.9 Å². The molecule has 0 fully saturated rings. The van der Waals surface area contributed by atoms with Gasteiger partial charge in [0, 0.05) is 30.7 Å². The molecule has 0 aliphatic heterocycles. The molecule has 0 unspecified atom stereocenters. The number of anilines is 1. The first-order valence-electron chi connectivity index (χ1n) is 6.96. The first-order chi connectivity index (χ1) is 11.3. The van der Waals surface area contributed by atoms with Crippen molar-refractivity contribution in [1.82, 2.24) is 14.6 Å². The van der Waals surface area contributed by atoms with E-state index in [1.807, 2.05) is 0 Å². The highest BCUT2D eigenvalue weighted by Crippen LogP contribution is 2.20. The molecule has 2 aromatic rings. The Morgan fingerprint density at radius 2 is 2.25 bits per heavy atom. The number of pyridine rings is 1. The Kier molecular flexibility index (Phi) is 5.97. The summed E-state index contributed by atoms with van der Waals surface area (Å²) in [4.78, 5) is 17.1. The Bertz CT molecular complexity index is 808. The summed E-state index contributed by atoms with van der Waals surface area (Å²) in [6.45, 7) is 0.275. The van der Waals surface area contributed by atoms with Crippen LogP contribution in [-0.4, -0.2) is 37.8 Å². The molecule has 0 saturated heterocycles. The minimum atomic E-state index is -3.84. The van der Waals surface area contributed by atoms with Crippen molar-refractivity contribution in [2.24, 2.45) is 0 Å². The van der Waals surface area contributed by atoms with Crippen LogP contribution in [0.15, 0.2) is 44.4 Å². The summed E-state index contributed by atoms with van der Waals surface area (Å²) < 4.78 is 32.4. The maximum atomic E-state index is 12.2. The molecule has 2 heterocycles. The second kappa shape index (κ2) is 7.77. The van der Waals surface area contributed by atoms with E-state index in [1.54, 1.807) is 19.2 Å². The van der Waals surface area contributed by atoms with Crippen LogP contribution in [0.1, 0.15) is 12.2 Å². The standard InChI is InChI=1S/C14H17BrN4O4S/c1-19(9-11-3-2-6-23-11)13(20)4-5-18-24(21,22)12-7-10(15)8-17-14(12)16/h2-3,6-8,18H,4-5,9H2,1H3,(H2,16,17). The van der Waals surface area contributed by atoms with E-state index in [0.717, 1.165) is 0 Å². The zero-order valence-corrected chi connectivity index (χ0v) is 15.3. The molecular weight excluding hydrogens is 400 g/mol. The fraction of sp³-hybridized carbons (Fsp3) is 0.286. The third kappa shape index (κ3) is 4.79. The van der Waals surface area contributed by atoms with Gasteiger partial charge < -0.3 is 15.1 Å². The predicted molar refractivity (Wildman–Crippen MR) is 91.3 cm³/mol. The fourth-order valence-electron chi connectivity index (χ4n) is 1.93. The van der Waals surface area contributed by atoms with Gasteiger partial charge in [0.1, 0.15) is 16.5 Å². The predicted octanol–water partition coefficient (Wildman–Crippen LogP) is 1.35. The number of nitrogen functional groups attached to an aromatic ring is 1. The second-order valence-electron chi connectivity index (χ2n) is 5.01. The molecule has 0 bridgehead atoms. The third-order valence-electron chi connectivity index (χ3n) is 3.17. The molecule has 0 aliphatic carbocycles. The lowest BCUT2D eigenvalue weighted by atomic mass is 10.3. The second-order valence-corrected chi connectivity index (χ2v) is 7.66. The van der Waals surface area contributed by atoms with E-state index in [4.69, 9.17) is 10.2 Å². The van der Waals surface area contributed by atoms with Gasteiger partial charge in [-0.15, -0.1) is 0 Å². The van der Waals surface area contributed by atoms with E-state index in [9.17, 15) is 13.2 Å². The van der Waals surface area contributed by atoms with Crippen LogP contribution in [-0.2, 0) is 21.4 Å². The average Bonchev–Trinajstić information content (AvgIpc) is 3.02. The number of amides is 1. The molecule has 130 valence electrons. The smallest absolute Gasteiger partial charge is 0.244 e. The van der Waals surface area contributed by atoms with Crippen LogP contribution in [0.2, 0.25) is 0 Å². The average molecular weight is 417 g/mol. The van der Waals surface area contributed by atoms with Crippen LogP contribution in [0, 0.1) is 0 Å². The Morgan fingerprint density at radius 1 is 1.50 bits per heavy atom. The number of carbonyl (C=O) groups is 1. The molecule has 8 nitrogen and oxygen atoms in total. The maximum absolute atomic E-state index is 12.2. The highest BCUT2D eigenvalue weighted by molar-refractivity contribution is 9.10. The SMILES string of the molecule is CN(Cc1ccco1)C(=O)CCNS(=O)(=O)c1cc(Br)cnc1N. The zero-order chi connectivity index (χ0) is 17.7. The number of carbonyl (C=O) groups excluding carboxylic acids is 1. The number of furan rings is 1. The van der Waals surface area contributed by atoms with Gasteiger partial charge >= 0.3 is 0 Å². The van der Waals surface area contributed by atoms with Gasteiger partial charge in [0.15, 0.2) is 0 Å². The van der Waals surface area contributed by atoms with Crippen molar-refractivity contribution in [1.29, 1.82) is 0 Å². The van der Waals surface area contributed by atoms with E-state index in [1.165, 1.54) is 23.4 Å². The normalized spacial score (nSPS) is 11.4. The summed E-state index contributed by atoms with van der Waals surface area (Å²) in [5.74, 6) is 0.334. The number of aromatic nitrogens is 1. The molecule has 0 aliphatic rings. The number of halogens is 1. The summed E-state index contributed by atoms with van der Waals surface area (Å²) in [6.07, 6.45) is 2.94. The van der Waals surface area contributed by atoms with Crippen LogP contribution in [0.25, 0.3) is 0 Å². The number of rotatable bonds is 7. The van der Waals surface area contributed by atoms with Gasteiger partial charge in [0.05, 0.1) is 12.8 Å². The summed E-state index contributed by atoms with van der Waals surface area (Å²) >= 11 is 3.15. The highest BCUT2D eigenvalue weighted by Gasteiger charge is 2.19. The minimum Gasteiger partial charge on any atom is -0.467 e. The van der Waals surface area contributed by atoms with E-state index in [2.05, 4.69) is 25.6 Å². The summed E-state index contributed by atoms with van der Waals surface area (Å²) in [6, 6.07) is 4.85. The summed E-state index contributed by atoms with van der Waals surface area (Å²) in [5.41, 5.74) is 5.59. The number of hydrogen-bond donors (Lipinski definition) is 2. The number of nitrogens with zero attached hydrogens (tertiary/aromatic N) is 2. The lowest BCUT2D eigenvalue weighted by Gasteiger charge is -2.16. The van der Waals surface area contributed by atoms with E-state index < -0.39 is 10.0 Å². The van der Waals surface area contributed by atoms with Gasteiger partial charge in [0.25, 0.3) is 0 Å². The first kappa shape index (κ1) is 18.4. The zero-order valence-electron chi connectivity index (χ0n) is 12.9. The quantitative estimate of drug-likeness (QED) is 0.702. The van der Waals surface area contributed by atoms with Crippen LogP contribution in [0.5, 0.6) is 0 Å². The summed E-state index contributed by atoms with van der Waals surface area (Å²) in [5, 5.41) is 0. The number of hydrogen-bond acceptors (Lipinski definition) is 6. The topological polar surface area (TPSA) is 119 Å². The van der Waals surface area contributed by atoms with E-state index >= 15 is 0 Å². The van der Waals surface area contributed by atoms with Crippen LogP contribution in [0.3, 0.4) is 0 Å². The number of nitrogens with two attached hydrogens (primary N) is 1. The van der Waals surface area contributed by atoms with Gasteiger partial charge in [-0.3, -0.25) is 4.79 Å². The van der Waals surface area contributed by atoms with Crippen molar-refractivity contribution < 1.29 is 17.6 Å². The van der Waals surface area contributed by atoms with Crippen molar-refractivity contribution in [3.8, 4) is 0 Å². The molecule has 10 heteroatoms. The molecule has 2 aromatic heterocycles. The van der Waals surface area contributed by atoms with Crippen molar-refractivity contribution >= 4 is 37.7 Å². The highest BCUT2D eigenvalue weighted by atomic mass is 79.9. The Labute approximate surface area is 148 Å². The largest absolute Gasteiger partial charge is 0.467 e. The van der Waals surface area contributed by atoms with E-state index in [-0.39, 0.29) is 29.6 Å². The molecular formula is C14H17BrN4O4S. The van der Waals surface area contributed by atoms with Crippen LogP contribution < -0.4 is 10.5 Å².